The van der Waals surface area contributed by atoms with Crippen LogP contribution in [-0.2, 0) is 14.3 Å². The van der Waals surface area contributed by atoms with Gasteiger partial charge in [0, 0.05) is 19.0 Å². The molecule has 4 heteroatoms. The van der Waals surface area contributed by atoms with Gasteiger partial charge in [0.1, 0.15) is 0 Å². The van der Waals surface area contributed by atoms with Crippen molar-refractivity contribution in [2.45, 2.75) is 90.0 Å². The number of methoxy groups -OCH3 is 1. The van der Waals surface area contributed by atoms with Crippen molar-refractivity contribution in [3.63, 3.8) is 0 Å². The Balaban J connectivity index is 2.11. The fourth-order valence-electron chi connectivity index (χ4n) is 3.23. The minimum atomic E-state index is -0.132. The third-order valence-corrected chi connectivity index (χ3v) is 4.76. The smallest absolute Gasteiger partial charge is 0.305 e. The highest BCUT2D eigenvalue weighted by atomic mass is 16.5. The number of unbranched alkanes of at least 4 members (excludes halogenated alkanes) is 8. The van der Waals surface area contributed by atoms with E-state index in [2.05, 4.69) is 17.7 Å². The van der Waals surface area contributed by atoms with Gasteiger partial charge < -0.3 is 9.64 Å². The first-order valence-corrected chi connectivity index (χ1v) is 9.74. The largest absolute Gasteiger partial charge is 0.469 e. The van der Waals surface area contributed by atoms with Gasteiger partial charge in [0.05, 0.1) is 13.2 Å². The Morgan fingerprint density at radius 3 is 2.46 bits per heavy atom. The average Bonchev–Trinajstić information content (AvgIpc) is 2.94. The molecule has 24 heavy (non-hydrogen) atoms. The van der Waals surface area contributed by atoms with E-state index in [1.807, 2.05) is 4.90 Å². The molecule has 0 aromatic rings. The van der Waals surface area contributed by atoms with E-state index in [4.69, 9.17) is 0 Å². The van der Waals surface area contributed by atoms with Crippen molar-refractivity contribution in [1.29, 1.82) is 0 Å². The van der Waals surface area contributed by atoms with Crippen molar-refractivity contribution in [3.05, 3.63) is 12.2 Å². The van der Waals surface area contributed by atoms with Gasteiger partial charge in [0.15, 0.2) is 0 Å². The van der Waals surface area contributed by atoms with Crippen LogP contribution in [0, 0.1) is 0 Å². The summed E-state index contributed by atoms with van der Waals surface area (Å²) in [6.45, 7) is 3.08. The van der Waals surface area contributed by atoms with Crippen LogP contribution in [0.3, 0.4) is 0 Å². The Bertz CT molecular complexity index is 392. The lowest BCUT2D eigenvalue weighted by Crippen LogP contribution is -2.34. The molecular weight excluding hydrogens is 302 g/mol. The summed E-state index contributed by atoms with van der Waals surface area (Å²) in [4.78, 5) is 25.0. The van der Waals surface area contributed by atoms with Crippen LogP contribution < -0.4 is 0 Å². The number of rotatable bonds is 14. The van der Waals surface area contributed by atoms with E-state index in [9.17, 15) is 9.59 Å². The van der Waals surface area contributed by atoms with E-state index in [1.165, 1.54) is 45.6 Å². The molecule has 1 rings (SSSR count). The Labute approximate surface area is 147 Å². The van der Waals surface area contributed by atoms with Crippen molar-refractivity contribution in [2.24, 2.45) is 0 Å². The molecule has 0 radical (unpaired) electrons. The van der Waals surface area contributed by atoms with Gasteiger partial charge in [-0.2, -0.15) is 0 Å². The van der Waals surface area contributed by atoms with Gasteiger partial charge in [-0.1, -0.05) is 64.4 Å². The van der Waals surface area contributed by atoms with Crippen LogP contribution in [0.1, 0.15) is 84.0 Å². The second-order valence-corrected chi connectivity index (χ2v) is 6.75. The summed E-state index contributed by atoms with van der Waals surface area (Å²) in [5.74, 6) is 0.0356. The molecule has 0 aromatic carbocycles. The van der Waals surface area contributed by atoms with E-state index in [0.717, 1.165) is 38.6 Å². The van der Waals surface area contributed by atoms with Crippen LogP contribution in [0.5, 0.6) is 0 Å². The second kappa shape index (κ2) is 13.0. The highest BCUT2D eigenvalue weighted by molar-refractivity contribution is 5.90. The highest BCUT2D eigenvalue weighted by Gasteiger charge is 2.24. The predicted molar refractivity (Wildman–Crippen MR) is 97.7 cm³/mol. The van der Waals surface area contributed by atoms with Crippen molar-refractivity contribution < 1.29 is 14.3 Å². The summed E-state index contributed by atoms with van der Waals surface area (Å²) in [5.41, 5.74) is 0. The maximum absolute atomic E-state index is 12.0. The molecule has 1 amide bonds. The molecule has 4 nitrogen and oxygen atoms in total. The van der Waals surface area contributed by atoms with E-state index < -0.39 is 0 Å². The fourth-order valence-corrected chi connectivity index (χ4v) is 3.23. The van der Waals surface area contributed by atoms with Crippen LogP contribution in [0.2, 0.25) is 0 Å². The van der Waals surface area contributed by atoms with E-state index >= 15 is 0 Å². The van der Waals surface area contributed by atoms with Crippen molar-refractivity contribution >= 4 is 11.9 Å². The van der Waals surface area contributed by atoms with E-state index in [0.29, 0.717) is 12.5 Å². The van der Waals surface area contributed by atoms with E-state index in [-0.39, 0.29) is 11.9 Å². The van der Waals surface area contributed by atoms with Gasteiger partial charge in [-0.25, -0.2) is 0 Å². The third-order valence-electron chi connectivity index (χ3n) is 4.76. The molecule has 0 aliphatic carbocycles. The van der Waals surface area contributed by atoms with Crippen molar-refractivity contribution in [2.75, 3.05) is 13.7 Å². The fraction of sp³-hybridized carbons (Fsp3) is 0.800. The molecule has 0 spiro atoms. The average molecular weight is 338 g/mol. The molecule has 0 saturated heterocycles. The number of nitrogens with zero attached hydrogens (tertiary/aromatic N) is 1. The number of hydrogen-bond acceptors (Lipinski definition) is 3. The SMILES string of the molecule is CCCCCCCC[C@H]1C=CC(=O)N1CCCCCCC(=O)OC. The van der Waals surface area contributed by atoms with Crippen LogP contribution in [-0.4, -0.2) is 36.5 Å². The van der Waals surface area contributed by atoms with Gasteiger partial charge >= 0.3 is 5.97 Å². The first-order chi connectivity index (χ1) is 11.7. The number of carbonyl (C=O) groups excluding carboxylic acids is 2. The zero-order valence-corrected chi connectivity index (χ0v) is 15.6. The zero-order valence-electron chi connectivity index (χ0n) is 15.6. The summed E-state index contributed by atoms with van der Waals surface area (Å²) in [5, 5.41) is 0. The Hall–Kier alpha value is -1.32. The second-order valence-electron chi connectivity index (χ2n) is 6.75. The lowest BCUT2D eigenvalue weighted by Gasteiger charge is -2.24. The monoisotopic (exact) mass is 337 g/mol. The number of ether oxygens (including phenoxy) is 1. The molecule has 1 atom stereocenters. The maximum atomic E-state index is 12.0. The predicted octanol–water partition coefficient (Wildman–Crippen LogP) is 4.63. The normalized spacial score (nSPS) is 16.8. The van der Waals surface area contributed by atoms with Crippen molar-refractivity contribution in [3.8, 4) is 0 Å². The molecule has 0 fully saturated rings. The highest BCUT2D eigenvalue weighted by Crippen LogP contribution is 2.19. The topological polar surface area (TPSA) is 46.6 Å². The van der Waals surface area contributed by atoms with Gasteiger partial charge in [0.25, 0.3) is 0 Å². The molecule has 0 N–H and O–H groups in total. The summed E-state index contributed by atoms with van der Waals surface area (Å²) in [6, 6.07) is 0.304. The van der Waals surface area contributed by atoms with Crippen LogP contribution in [0.4, 0.5) is 0 Å². The molecule has 138 valence electrons. The molecule has 1 heterocycles. The van der Waals surface area contributed by atoms with Crippen LogP contribution in [0.25, 0.3) is 0 Å². The number of esters is 1. The molecule has 1 aliphatic heterocycles. The lowest BCUT2D eigenvalue weighted by molar-refractivity contribution is -0.140. The van der Waals surface area contributed by atoms with Gasteiger partial charge in [-0.15, -0.1) is 0 Å². The molecule has 0 unspecified atom stereocenters. The molecule has 0 bridgehead atoms. The van der Waals surface area contributed by atoms with Crippen LogP contribution >= 0.6 is 0 Å². The zero-order chi connectivity index (χ0) is 17.6. The standard InChI is InChI=1S/C20H35NO3/c1-3-4-5-6-7-10-13-18-15-16-19(22)21(18)17-12-9-8-11-14-20(23)24-2/h15-16,18H,3-14,17H2,1-2H3/t18-/m0/s1. The number of carbonyl (C=O) groups is 2. The Morgan fingerprint density at radius 1 is 1.04 bits per heavy atom. The first kappa shape index (κ1) is 20.7. The Kier molecular flexibility index (Phi) is 11.2. The summed E-state index contributed by atoms with van der Waals surface area (Å²) in [6.07, 6.45) is 17.1. The minimum absolute atomic E-state index is 0.132. The molecule has 1 aliphatic rings. The first-order valence-electron chi connectivity index (χ1n) is 9.74. The maximum Gasteiger partial charge on any atom is 0.305 e. The van der Waals surface area contributed by atoms with Gasteiger partial charge in [-0.3, -0.25) is 9.59 Å². The lowest BCUT2D eigenvalue weighted by atomic mass is 10.1. The number of amides is 1. The molecule has 0 aromatic heterocycles. The number of hydrogen-bond donors (Lipinski definition) is 0. The van der Waals surface area contributed by atoms with Crippen LogP contribution in [0.15, 0.2) is 12.2 Å². The molecular formula is C20H35NO3. The van der Waals surface area contributed by atoms with E-state index in [1.54, 1.807) is 6.08 Å². The summed E-state index contributed by atoms with van der Waals surface area (Å²) >= 11 is 0. The van der Waals surface area contributed by atoms with Gasteiger partial charge in [0.2, 0.25) is 5.91 Å². The summed E-state index contributed by atoms with van der Waals surface area (Å²) in [7, 11) is 1.43. The Morgan fingerprint density at radius 2 is 1.71 bits per heavy atom. The summed E-state index contributed by atoms with van der Waals surface area (Å²) < 4.78 is 4.63. The van der Waals surface area contributed by atoms with Gasteiger partial charge in [-0.05, 0) is 19.3 Å². The molecule has 0 saturated carbocycles. The minimum Gasteiger partial charge on any atom is -0.469 e. The van der Waals surface area contributed by atoms with Crippen molar-refractivity contribution in [1.82, 2.24) is 4.90 Å². The third kappa shape index (κ3) is 8.51. The quantitative estimate of drug-likeness (QED) is 0.343.